The molecule has 0 bridgehead atoms. The minimum Gasteiger partial charge on any atom is -0.375 e. The molecule has 5 nitrogen and oxygen atoms in total. The van der Waals surface area contributed by atoms with Gasteiger partial charge in [-0.15, -0.1) is 9.50 Å². The molecule has 2 N–H and O–H groups in total. The average Bonchev–Trinajstić information content (AvgIpc) is 3.23. The van der Waals surface area contributed by atoms with Gasteiger partial charge >= 0.3 is 0 Å². The molecule has 0 radical (unpaired) electrons. The van der Waals surface area contributed by atoms with Gasteiger partial charge in [0.15, 0.2) is 0 Å². The summed E-state index contributed by atoms with van der Waals surface area (Å²) in [4.78, 5) is 4.70. The number of hydrogen-bond donors (Lipinski definition) is 2. The molecule has 1 aliphatic heterocycles. The standard InChI is InChI=1S/C18H19ClN4O/c1-12-9-17(20-10-15-3-2-8-24-15)23-18(22-12)16(11-21-23)13-4-6-14(19)7-5-13/h4-7,9,11,15H,2-3,8,10H2,1H3,(H,20,21,22)/p+1/t15-/m0/s1. The molecule has 1 fully saturated rings. The third-order valence-corrected chi connectivity index (χ3v) is 4.60. The van der Waals surface area contributed by atoms with Crippen LogP contribution in [0.3, 0.4) is 0 Å². The minimum atomic E-state index is 0.291. The summed E-state index contributed by atoms with van der Waals surface area (Å²) in [5.74, 6) is 0.994. The molecule has 3 heterocycles. The molecule has 0 amide bonds. The zero-order chi connectivity index (χ0) is 16.5. The van der Waals surface area contributed by atoms with Crippen molar-refractivity contribution in [3.05, 3.63) is 47.2 Å². The second kappa shape index (κ2) is 6.42. The fourth-order valence-electron chi connectivity index (χ4n) is 3.13. The first-order valence-electron chi connectivity index (χ1n) is 8.23. The van der Waals surface area contributed by atoms with Gasteiger partial charge in [-0.2, -0.15) is 0 Å². The van der Waals surface area contributed by atoms with Crippen LogP contribution in [0.4, 0.5) is 5.82 Å². The number of aromatic amines is 1. The Balaban J connectivity index is 1.69. The number of anilines is 1. The first kappa shape index (κ1) is 15.4. The van der Waals surface area contributed by atoms with Crippen molar-refractivity contribution in [2.45, 2.75) is 25.9 Å². The van der Waals surface area contributed by atoms with Crippen LogP contribution in [-0.2, 0) is 4.74 Å². The Morgan fingerprint density at radius 2 is 2.21 bits per heavy atom. The van der Waals surface area contributed by atoms with E-state index in [1.54, 1.807) is 0 Å². The van der Waals surface area contributed by atoms with E-state index in [1.807, 2.05) is 48.0 Å². The maximum atomic E-state index is 5.99. The SMILES string of the molecule is Cc1cc(NC[C@@H]2CCCO2)[n+]2[nH]cc(-c3ccc(Cl)cc3)c2n1. The van der Waals surface area contributed by atoms with Gasteiger partial charge in [0.25, 0.3) is 5.65 Å². The fraction of sp³-hybridized carbons (Fsp3) is 0.333. The number of hydrogen-bond acceptors (Lipinski definition) is 3. The third kappa shape index (κ3) is 2.97. The Morgan fingerprint density at radius 3 is 2.96 bits per heavy atom. The summed E-state index contributed by atoms with van der Waals surface area (Å²) in [6, 6.07) is 9.85. The Bertz CT molecular complexity index is 853. The quantitative estimate of drug-likeness (QED) is 0.714. The molecule has 1 aromatic carbocycles. The number of benzene rings is 1. The number of aryl methyl sites for hydroxylation is 1. The zero-order valence-electron chi connectivity index (χ0n) is 13.6. The highest BCUT2D eigenvalue weighted by molar-refractivity contribution is 6.30. The summed E-state index contributed by atoms with van der Waals surface area (Å²) in [6.07, 6.45) is 4.53. The summed E-state index contributed by atoms with van der Waals surface area (Å²) in [6.45, 7) is 3.68. The van der Waals surface area contributed by atoms with Crippen LogP contribution >= 0.6 is 11.6 Å². The molecule has 24 heavy (non-hydrogen) atoms. The molecule has 0 unspecified atom stereocenters. The van der Waals surface area contributed by atoms with Gasteiger partial charge in [0.1, 0.15) is 5.69 Å². The van der Waals surface area contributed by atoms with Crippen molar-refractivity contribution in [2.24, 2.45) is 0 Å². The van der Waals surface area contributed by atoms with E-state index in [1.165, 1.54) is 0 Å². The lowest BCUT2D eigenvalue weighted by atomic mass is 10.1. The number of fused-ring (bicyclic) bond motifs is 1. The smallest absolute Gasteiger partial charge is 0.294 e. The second-order valence-corrected chi connectivity index (χ2v) is 6.59. The van der Waals surface area contributed by atoms with Crippen LogP contribution in [0.15, 0.2) is 36.5 Å². The van der Waals surface area contributed by atoms with E-state index in [0.29, 0.717) is 6.10 Å². The summed E-state index contributed by atoms with van der Waals surface area (Å²) >= 11 is 5.99. The zero-order valence-corrected chi connectivity index (χ0v) is 14.3. The molecule has 0 aliphatic carbocycles. The van der Waals surface area contributed by atoms with Crippen molar-refractivity contribution in [1.29, 1.82) is 0 Å². The number of nitrogens with one attached hydrogen (secondary N) is 2. The molecule has 1 aliphatic rings. The van der Waals surface area contributed by atoms with E-state index >= 15 is 0 Å². The Morgan fingerprint density at radius 1 is 1.38 bits per heavy atom. The monoisotopic (exact) mass is 343 g/mol. The Kier molecular flexibility index (Phi) is 4.12. The second-order valence-electron chi connectivity index (χ2n) is 6.15. The topological polar surface area (TPSA) is 54.0 Å². The van der Waals surface area contributed by atoms with Crippen molar-refractivity contribution in [3.63, 3.8) is 0 Å². The first-order valence-corrected chi connectivity index (χ1v) is 8.61. The molecule has 1 saturated heterocycles. The van der Waals surface area contributed by atoms with Crippen LogP contribution in [0.1, 0.15) is 18.5 Å². The van der Waals surface area contributed by atoms with E-state index in [9.17, 15) is 0 Å². The summed E-state index contributed by atoms with van der Waals surface area (Å²) in [7, 11) is 0. The summed E-state index contributed by atoms with van der Waals surface area (Å²) in [5.41, 5.74) is 4.00. The highest BCUT2D eigenvalue weighted by Crippen LogP contribution is 2.24. The van der Waals surface area contributed by atoms with Crippen LogP contribution < -0.4 is 9.83 Å². The lowest BCUT2D eigenvalue weighted by Crippen LogP contribution is -2.32. The van der Waals surface area contributed by atoms with E-state index in [0.717, 1.165) is 59.3 Å². The number of ether oxygens (including phenoxy) is 1. The van der Waals surface area contributed by atoms with Gasteiger partial charge in [0.2, 0.25) is 5.82 Å². The van der Waals surface area contributed by atoms with E-state index < -0.39 is 0 Å². The van der Waals surface area contributed by atoms with Crippen LogP contribution in [0.25, 0.3) is 16.8 Å². The third-order valence-electron chi connectivity index (χ3n) is 4.35. The van der Waals surface area contributed by atoms with E-state index in [2.05, 4.69) is 10.4 Å². The highest BCUT2D eigenvalue weighted by Gasteiger charge is 2.21. The van der Waals surface area contributed by atoms with Gasteiger partial charge in [-0.05, 0) is 37.5 Å². The fourth-order valence-corrected chi connectivity index (χ4v) is 3.25. The van der Waals surface area contributed by atoms with Crippen LogP contribution in [-0.4, -0.2) is 29.3 Å². The molecule has 1 atom stereocenters. The minimum absolute atomic E-state index is 0.291. The van der Waals surface area contributed by atoms with Crippen molar-refractivity contribution in [1.82, 2.24) is 10.1 Å². The van der Waals surface area contributed by atoms with Gasteiger partial charge < -0.3 is 10.1 Å². The number of nitrogens with zero attached hydrogens (tertiary/aromatic N) is 2. The molecule has 0 saturated carbocycles. The van der Waals surface area contributed by atoms with Crippen molar-refractivity contribution >= 4 is 23.1 Å². The van der Waals surface area contributed by atoms with Crippen molar-refractivity contribution in [3.8, 4) is 11.1 Å². The van der Waals surface area contributed by atoms with Crippen molar-refractivity contribution < 1.29 is 9.25 Å². The van der Waals surface area contributed by atoms with Crippen LogP contribution in [0.5, 0.6) is 0 Å². The van der Waals surface area contributed by atoms with Gasteiger partial charge in [0.05, 0.1) is 24.3 Å². The average molecular weight is 344 g/mol. The molecule has 4 rings (SSSR count). The molecule has 6 heteroatoms. The Hall–Kier alpha value is -2.11. The lowest BCUT2D eigenvalue weighted by molar-refractivity contribution is -0.564. The summed E-state index contributed by atoms with van der Waals surface area (Å²) < 4.78 is 7.67. The van der Waals surface area contributed by atoms with Gasteiger partial charge in [-0.1, -0.05) is 23.7 Å². The number of rotatable bonds is 4. The van der Waals surface area contributed by atoms with Gasteiger partial charge in [0, 0.05) is 17.8 Å². The Labute approximate surface area is 145 Å². The number of aromatic nitrogens is 3. The normalized spacial score (nSPS) is 17.5. The highest BCUT2D eigenvalue weighted by atomic mass is 35.5. The molecular weight excluding hydrogens is 324 g/mol. The van der Waals surface area contributed by atoms with Gasteiger partial charge in [-0.25, -0.2) is 0 Å². The molecule has 3 aromatic rings. The van der Waals surface area contributed by atoms with Crippen molar-refractivity contribution in [2.75, 3.05) is 18.5 Å². The van der Waals surface area contributed by atoms with E-state index in [-0.39, 0.29) is 0 Å². The van der Waals surface area contributed by atoms with Crippen LogP contribution in [0.2, 0.25) is 5.02 Å². The molecular formula is C18H20ClN4O+. The van der Waals surface area contributed by atoms with Crippen LogP contribution in [0, 0.1) is 6.92 Å². The lowest BCUT2D eigenvalue weighted by Gasteiger charge is -2.08. The largest absolute Gasteiger partial charge is 0.375 e. The predicted molar refractivity (Wildman–Crippen MR) is 94.4 cm³/mol. The van der Waals surface area contributed by atoms with Gasteiger partial charge in [-0.3, -0.25) is 5.10 Å². The molecule has 2 aromatic heterocycles. The molecule has 0 spiro atoms. The maximum Gasteiger partial charge on any atom is 0.294 e. The number of H-pyrrole nitrogens is 1. The van der Waals surface area contributed by atoms with E-state index in [4.69, 9.17) is 21.3 Å². The predicted octanol–water partition coefficient (Wildman–Crippen LogP) is 3.37. The summed E-state index contributed by atoms with van der Waals surface area (Å²) in [5, 5.41) is 7.51. The first-order chi connectivity index (χ1) is 11.7. The molecule has 124 valence electrons. The number of halogens is 1. The maximum absolute atomic E-state index is 5.99.